The van der Waals surface area contributed by atoms with Crippen LogP contribution in [0, 0.1) is 6.92 Å². The first-order valence-corrected chi connectivity index (χ1v) is 6.97. The molecule has 18 heavy (non-hydrogen) atoms. The molecule has 1 aromatic carbocycles. The fraction of sp³-hybridized carbons (Fsp3) is 0.357. The highest BCUT2D eigenvalue weighted by Gasteiger charge is 2.05. The van der Waals surface area contributed by atoms with Crippen LogP contribution in [-0.4, -0.2) is 13.2 Å². The van der Waals surface area contributed by atoms with Crippen LogP contribution >= 0.6 is 34.8 Å². The molecule has 1 radical (unpaired) electrons. The first-order valence-electron chi connectivity index (χ1n) is 5.84. The molecule has 1 aromatic rings. The van der Waals surface area contributed by atoms with Crippen molar-refractivity contribution in [3.05, 3.63) is 45.8 Å². The summed E-state index contributed by atoms with van der Waals surface area (Å²) in [5, 5.41) is 1.32. The zero-order valence-electron chi connectivity index (χ0n) is 10.1. The molecule has 0 amide bonds. The first kappa shape index (κ1) is 15.8. The summed E-state index contributed by atoms with van der Waals surface area (Å²) in [6, 6.07) is 3.56. The smallest absolute Gasteiger partial charge is 0.0784 e. The normalized spacial score (nSPS) is 11.3. The molecule has 0 saturated carbocycles. The largest absolute Gasteiger partial charge is 0.377 e. The Kier molecular flexibility index (Phi) is 7.76. The van der Waals surface area contributed by atoms with Gasteiger partial charge in [0, 0.05) is 6.61 Å². The quantitative estimate of drug-likeness (QED) is 0.465. The Morgan fingerprint density at radius 3 is 2.61 bits per heavy atom. The van der Waals surface area contributed by atoms with E-state index in [-0.39, 0.29) is 0 Å². The standard InChI is InChI=1S/C14H16Cl3O/c1-2-3-4-9-18-10-5-6-11-7-8-12(15)14(17)13(11)16/h5-8H,1-4,9-10H2/b6-5+. The number of unbranched alkanes of at least 4 members (excludes halogenated alkanes) is 2. The molecule has 4 heteroatoms. The molecule has 1 nitrogen and oxygen atoms in total. The van der Waals surface area contributed by atoms with Crippen molar-refractivity contribution in [2.75, 3.05) is 13.2 Å². The van der Waals surface area contributed by atoms with Crippen molar-refractivity contribution in [1.29, 1.82) is 0 Å². The Hall–Kier alpha value is -0.210. The van der Waals surface area contributed by atoms with E-state index >= 15 is 0 Å². The predicted octanol–water partition coefficient (Wildman–Crippen LogP) is 5.68. The molecule has 0 aromatic heterocycles. The van der Waals surface area contributed by atoms with Gasteiger partial charge in [0.15, 0.2) is 0 Å². The van der Waals surface area contributed by atoms with E-state index in [1.165, 1.54) is 0 Å². The summed E-state index contributed by atoms with van der Waals surface area (Å²) in [4.78, 5) is 0. The number of hydrogen-bond acceptors (Lipinski definition) is 1. The third-order valence-corrected chi connectivity index (χ3v) is 3.67. The second-order valence-electron chi connectivity index (χ2n) is 3.80. The summed E-state index contributed by atoms with van der Waals surface area (Å²) in [6.45, 7) is 5.10. The second kappa shape index (κ2) is 8.82. The molecule has 0 fully saturated rings. The van der Waals surface area contributed by atoms with Gasteiger partial charge in [-0.15, -0.1) is 0 Å². The Bertz CT molecular complexity index is 402. The number of hydrogen-bond donors (Lipinski definition) is 0. The van der Waals surface area contributed by atoms with Gasteiger partial charge in [-0.2, -0.15) is 0 Å². The van der Waals surface area contributed by atoms with Crippen molar-refractivity contribution in [3.8, 4) is 0 Å². The van der Waals surface area contributed by atoms with E-state index < -0.39 is 0 Å². The third kappa shape index (κ3) is 5.19. The Morgan fingerprint density at radius 2 is 1.89 bits per heavy atom. The van der Waals surface area contributed by atoms with E-state index in [1.54, 1.807) is 6.07 Å². The summed E-state index contributed by atoms with van der Waals surface area (Å²) in [5.74, 6) is 0. The van der Waals surface area contributed by atoms with Crippen LogP contribution in [0.1, 0.15) is 24.8 Å². The lowest BCUT2D eigenvalue weighted by Crippen LogP contribution is -1.93. The van der Waals surface area contributed by atoms with E-state index in [9.17, 15) is 0 Å². The summed E-state index contributed by atoms with van der Waals surface area (Å²) >= 11 is 17.9. The molecule has 99 valence electrons. The van der Waals surface area contributed by atoms with Gasteiger partial charge in [-0.1, -0.05) is 72.8 Å². The van der Waals surface area contributed by atoms with Gasteiger partial charge < -0.3 is 4.74 Å². The fourth-order valence-electron chi connectivity index (χ4n) is 1.38. The molecule has 1 rings (SSSR count). The summed E-state index contributed by atoms with van der Waals surface area (Å²) in [6.07, 6.45) is 6.90. The number of halogens is 3. The van der Waals surface area contributed by atoms with Crippen LogP contribution in [0.4, 0.5) is 0 Å². The van der Waals surface area contributed by atoms with E-state index in [1.807, 2.05) is 18.2 Å². The fourth-order valence-corrected chi connectivity index (χ4v) is 1.98. The van der Waals surface area contributed by atoms with E-state index in [4.69, 9.17) is 39.5 Å². The molecular formula is C14H16Cl3O. The van der Waals surface area contributed by atoms with Crippen molar-refractivity contribution in [2.45, 2.75) is 19.3 Å². The van der Waals surface area contributed by atoms with Gasteiger partial charge >= 0.3 is 0 Å². The molecule has 0 bridgehead atoms. The molecular weight excluding hydrogens is 291 g/mol. The first-order chi connectivity index (χ1) is 8.66. The van der Waals surface area contributed by atoms with Crippen LogP contribution in [0.5, 0.6) is 0 Å². The van der Waals surface area contributed by atoms with Crippen LogP contribution in [0.15, 0.2) is 18.2 Å². The molecule has 0 atom stereocenters. The maximum atomic E-state index is 6.06. The predicted molar refractivity (Wildman–Crippen MR) is 80.5 cm³/mol. The monoisotopic (exact) mass is 305 g/mol. The highest BCUT2D eigenvalue weighted by Crippen LogP contribution is 2.33. The molecule has 0 saturated heterocycles. The van der Waals surface area contributed by atoms with Crippen molar-refractivity contribution in [3.63, 3.8) is 0 Å². The minimum absolute atomic E-state index is 0.386. The van der Waals surface area contributed by atoms with E-state index in [2.05, 4.69) is 6.92 Å². The van der Waals surface area contributed by atoms with Crippen LogP contribution in [0.25, 0.3) is 6.08 Å². The van der Waals surface area contributed by atoms with Crippen LogP contribution in [-0.2, 0) is 4.74 Å². The minimum Gasteiger partial charge on any atom is -0.377 e. The minimum atomic E-state index is 0.386. The molecule has 0 unspecified atom stereocenters. The van der Waals surface area contributed by atoms with Gasteiger partial charge in [0.2, 0.25) is 0 Å². The summed E-state index contributed by atoms with van der Waals surface area (Å²) < 4.78 is 5.43. The highest BCUT2D eigenvalue weighted by molar-refractivity contribution is 6.48. The van der Waals surface area contributed by atoms with Crippen molar-refractivity contribution >= 4 is 40.9 Å². The lowest BCUT2D eigenvalue weighted by atomic mass is 10.2. The zero-order valence-corrected chi connectivity index (χ0v) is 12.4. The summed E-state index contributed by atoms with van der Waals surface area (Å²) in [5.41, 5.74) is 0.840. The highest BCUT2D eigenvalue weighted by atomic mass is 35.5. The lowest BCUT2D eigenvalue weighted by molar-refractivity contribution is 0.158. The average Bonchev–Trinajstić information content (AvgIpc) is 2.37. The van der Waals surface area contributed by atoms with Gasteiger partial charge in [-0.3, -0.25) is 0 Å². The van der Waals surface area contributed by atoms with E-state index in [0.717, 1.165) is 31.4 Å². The van der Waals surface area contributed by atoms with Crippen LogP contribution in [0.3, 0.4) is 0 Å². The van der Waals surface area contributed by atoms with Gasteiger partial charge in [-0.05, 0) is 18.1 Å². The van der Waals surface area contributed by atoms with Crippen molar-refractivity contribution < 1.29 is 4.74 Å². The topological polar surface area (TPSA) is 9.23 Å². The lowest BCUT2D eigenvalue weighted by Gasteiger charge is -2.03. The van der Waals surface area contributed by atoms with Crippen molar-refractivity contribution in [1.82, 2.24) is 0 Å². The molecule has 0 heterocycles. The van der Waals surface area contributed by atoms with Gasteiger partial charge in [0.05, 0.1) is 21.7 Å². The number of rotatable bonds is 7. The van der Waals surface area contributed by atoms with Gasteiger partial charge in [-0.25, -0.2) is 0 Å². The summed E-state index contributed by atoms with van der Waals surface area (Å²) in [7, 11) is 0. The molecule has 0 N–H and O–H groups in total. The average molecular weight is 307 g/mol. The zero-order chi connectivity index (χ0) is 13.4. The van der Waals surface area contributed by atoms with E-state index in [0.29, 0.717) is 21.7 Å². The van der Waals surface area contributed by atoms with Crippen molar-refractivity contribution in [2.24, 2.45) is 0 Å². The number of benzene rings is 1. The van der Waals surface area contributed by atoms with Gasteiger partial charge in [0.1, 0.15) is 0 Å². The third-order valence-electron chi connectivity index (χ3n) is 2.37. The Labute approximate surface area is 124 Å². The Morgan fingerprint density at radius 1 is 1.11 bits per heavy atom. The second-order valence-corrected chi connectivity index (χ2v) is 4.97. The molecule has 0 aliphatic carbocycles. The van der Waals surface area contributed by atoms with Crippen LogP contribution < -0.4 is 0 Å². The molecule has 0 aliphatic heterocycles. The number of ether oxygens (including phenoxy) is 1. The Balaban J connectivity index is 2.41. The molecule has 0 aliphatic rings. The SMILES string of the molecule is [CH2]CCCCOC/C=C/c1ccc(Cl)c(Cl)c1Cl. The van der Waals surface area contributed by atoms with Gasteiger partial charge in [0.25, 0.3) is 0 Å². The molecule has 0 spiro atoms. The maximum absolute atomic E-state index is 6.06. The van der Waals surface area contributed by atoms with Crippen LogP contribution in [0.2, 0.25) is 15.1 Å². The maximum Gasteiger partial charge on any atom is 0.0784 e.